The Balaban J connectivity index is 1.99. The van der Waals surface area contributed by atoms with Gasteiger partial charge in [0.2, 0.25) is 6.10 Å². The zero-order valence-electron chi connectivity index (χ0n) is 13.1. The smallest absolute Gasteiger partial charge is 0.326 e. The molecule has 0 fully saturated rings. The first kappa shape index (κ1) is 15.8. The number of benzene rings is 1. The summed E-state index contributed by atoms with van der Waals surface area (Å²) in [6, 6.07) is 12.3. The number of esters is 1. The zero-order chi connectivity index (χ0) is 17.1. The maximum Gasteiger partial charge on any atom is 0.326 e. The van der Waals surface area contributed by atoms with Crippen molar-refractivity contribution >= 4 is 23.5 Å². The molecule has 0 bridgehead atoms. The van der Waals surface area contributed by atoms with Gasteiger partial charge in [0.15, 0.2) is 11.6 Å². The van der Waals surface area contributed by atoms with Crippen molar-refractivity contribution < 1.29 is 19.1 Å². The van der Waals surface area contributed by atoms with Crippen LogP contribution in [0.15, 0.2) is 42.5 Å². The standard InChI is InChI=1S/C17H17N3O4/c1-2-23-14(21)10-20-16-12(8-9-13(18)19-16)24-15(17(20)22)11-6-4-3-5-7-11/h3-9,15H,2,10H2,1H3,(H2,18,19). The lowest BCUT2D eigenvalue weighted by molar-refractivity contribution is -0.143. The molecule has 0 saturated heterocycles. The molecule has 24 heavy (non-hydrogen) atoms. The summed E-state index contributed by atoms with van der Waals surface area (Å²) in [7, 11) is 0. The quantitative estimate of drug-likeness (QED) is 0.859. The van der Waals surface area contributed by atoms with E-state index in [-0.39, 0.29) is 30.7 Å². The van der Waals surface area contributed by atoms with Crippen LogP contribution >= 0.6 is 0 Å². The van der Waals surface area contributed by atoms with Crippen LogP contribution in [0.1, 0.15) is 18.6 Å². The molecule has 0 saturated carbocycles. The fourth-order valence-corrected chi connectivity index (χ4v) is 2.49. The summed E-state index contributed by atoms with van der Waals surface area (Å²) in [5.74, 6) is -0.0612. The van der Waals surface area contributed by atoms with Crippen LogP contribution in [-0.4, -0.2) is 30.0 Å². The second kappa shape index (κ2) is 6.57. The molecule has 2 heterocycles. The molecule has 7 nitrogen and oxygen atoms in total. The first-order valence-electron chi connectivity index (χ1n) is 7.55. The van der Waals surface area contributed by atoms with Gasteiger partial charge in [0.05, 0.1) is 6.61 Å². The van der Waals surface area contributed by atoms with E-state index in [1.54, 1.807) is 31.2 Å². The number of anilines is 2. The van der Waals surface area contributed by atoms with Crippen molar-refractivity contribution in [1.82, 2.24) is 4.98 Å². The van der Waals surface area contributed by atoms with Crippen LogP contribution in [0.2, 0.25) is 0 Å². The number of aromatic nitrogens is 1. The topological polar surface area (TPSA) is 94.8 Å². The maximum absolute atomic E-state index is 12.9. The van der Waals surface area contributed by atoms with Gasteiger partial charge in [-0.25, -0.2) is 4.98 Å². The van der Waals surface area contributed by atoms with Crippen molar-refractivity contribution in [3.05, 3.63) is 48.0 Å². The number of hydrogen-bond acceptors (Lipinski definition) is 6. The lowest BCUT2D eigenvalue weighted by Gasteiger charge is -2.33. The lowest BCUT2D eigenvalue weighted by Crippen LogP contribution is -2.44. The van der Waals surface area contributed by atoms with Crippen molar-refractivity contribution in [3.63, 3.8) is 0 Å². The second-order valence-electron chi connectivity index (χ2n) is 5.20. The first-order valence-corrected chi connectivity index (χ1v) is 7.55. The fraction of sp³-hybridized carbons (Fsp3) is 0.235. The fourth-order valence-electron chi connectivity index (χ4n) is 2.49. The number of amides is 1. The van der Waals surface area contributed by atoms with E-state index in [2.05, 4.69) is 4.98 Å². The number of carbonyl (C=O) groups excluding carboxylic acids is 2. The molecule has 3 rings (SSSR count). The van der Waals surface area contributed by atoms with Crippen LogP contribution in [0.3, 0.4) is 0 Å². The van der Waals surface area contributed by atoms with E-state index in [1.807, 2.05) is 18.2 Å². The third kappa shape index (κ3) is 3.01. The number of nitrogens with zero attached hydrogens (tertiary/aromatic N) is 2. The van der Waals surface area contributed by atoms with E-state index in [0.29, 0.717) is 11.3 Å². The number of ether oxygens (including phenoxy) is 2. The maximum atomic E-state index is 12.9. The Morgan fingerprint density at radius 3 is 2.75 bits per heavy atom. The van der Waals surface area contributed by atoms with Crippen molar-refractivity contribution in [2.75, 3.05) is 23.8 Å². The van der Waals surface area contributed by atoms with E-state index in [4.69, 9.17) is 15.2 Å². The molecule has 1 aromatic heterocycles. The van der Waals surface area contributed by atoms with Crippen molar-refractivity contribution in [3.8, 4) is 5.75 Å². The lowest BCUT2D eigenvalue weighted by atomic mass is 10.1. The van der Waals surface area contributed by atoms with Crippen molar-refractivity contribution in [2.24, 2.45) is 0 Å². The number of hydrogen-bond donors (Lipinski definition) is 1. The van der Waals surface area contributed by atoms with E-state index in [9.17, 15) is 9.59 Å². The number of fused-ring (bicyclic) bond motifs is 1. The van der Waals surface area contributed by atoms with Crippen LogP contribution in [-0.2, 0) is 14.3 Å². The molecule has 1 unspecified atom stereocenters. The summed E-state index contributed by atoms with van der Waals surface area (Å²) >= 11 is 0. The monoisotopic (exact) mass is 327 g/mol. The zero-order valence-corrected chi connectivity index (χ0v) is 13.1. The molecule has 1 aliphatic heterocycles. The van der Waals surface area contributed by atoms with Crippen LogP contribution in [0.25, 0.3) is 0 Å². The molecule has 0 aliphatic carbocycles. The minimum absolute atomic E-state index is 0.222. The Hall–Kier alpha value is -3.09. The summed E-state index contributed by atoms with van der Waals surface area (Å²) < 4.78 is 10.7. The Morgan fingerprint density at radius 2 is 2.04 bits per heavy atom. The van der Waals surface area contributed by atoms with Crippen molar-refractivity contribution in [2.45, 2.75) is 13.0 Å². The Morgan fingerprint density at radius 1 is 1.29 bits per heavy atom. The van der Waals surface area contributed by atoms with Gasteiger partial charge in [-0.05, 0) is 19.1 Å². The summed E-state index contributed by atoms with van der Waals surface area (Å²) in [6.07, 6.45) is -0.849. The molecule has 1 aromatic carbocycles. The van der Waals surface area contributed by atoms with Crippen molar-refractivity contribution in [1.29, 1.82) is 0 Å². The van der Waals surface area contributed by atoms with Gasteiger partial charge in [-0.15, -0.1) is 0 Å². The molecule has 2 aromatic rings. The number of rotatable bonds is 4. The van der Waals surface area contributed by atoms with Gasteiger partial charge in [-0.3, -0.25) is 14.5 Å². The summed E-state index contributed by atoms with van der Waals surface area (Å²) in [5, 5.41) is 0. The number of nitrogen functional groups attached to an aromatic ring is 1. The molecule has 1 amide bonds. The van der Waals surface area contributed by atoms with E-state index in [0.717, 1.165) is 0 Å². The normalized spacial score (nSPS) is 16.3. The average molecular weight is 327 g/mol. The van der Waals surface area contributed by atoms with E-state index in [1.165, 1.54) is 4.90 Å². The molecular weight excluding hydrogens is 310 g/mol. The molecule has 1 atom stereocenters. The second-order valence-corrected chi connectivity index (χ2v) is 5.20. The molecule has 2 N–H and O–H groups in total. The highest BCUT2D eigenvalue weighted by Gasteiger charge is 2.37. The van der Waals surface area contributed by atoms with Gasteiger partial charge < -0.3 is 15.2 Å². The largest absolute Gasteiger partial charge is 0.472 e. The number of carbonyl (C=O) groups is 2. The minimum Gasteiger partial charge on any atom is -0.472 e. The third-order valence-corrected chi connectivity index (χ3v) is 3.55. The van der Waals surface area contributed by atoms with Gasteiger partial charge in [0, 0.05) is 5.56 Å². The summed E-state index contributed by atoms with van der Waals surface area (Å²) in [6.45, 7) is 1.69. The SMILES string of the molecule is CCOC(=O)CN1C(=O)C(c2ccccc2)Oc2ccc(N)nc21. The number of pyridine rings is 1. The number of nitrogens with two attached hydrogens (primary N) is 1. The first-order chi connectivity index (χ1) is 11.6. The molecule has 0 radical (unpaired) electrons. The van der Waals surface area contributed by atoms with Crippen LogP contribution in [0, 0.1) is 0 Å². The molecule has 0 spiro atoms. The van der Waals surface area contributed by atoms with Gasteiger partial charge in [0.25, 0.3) is 5.91 Å². The average Bonchev–Trinajstić information content (AvgIpc) is 2.58. The summed E-state index contributed by atoms with van der Waals surface area (Å²) in [4.78, 5) is 30.1. The Labute approximate surface area is 139 Å². The highest BCUT2D eigenvalue weighted by atomic mass is 16.5. The highest BCUT2D eigenvalue weighted by molar-refractivity contribution is 6.02. The van der Waals surface area contributed by atoms with E-state index >= 15 is 0 Å². The molecular formula is C17H17N3O4. The Bertz CT molecular complexity index is 764. The molecule has 7 heteroatoms. The summed E-state index contributed by atoms with van der Waals surface area (Å²) in [5.41, 5.74) is 6.40. The predicted molar refractivity (Wildman–Crippen MR) is 87.4 cm³/mol. The minimum atomic E-state index is -0.849. The van der Waals surface area contributed by atoms with Gasteiger partial charge in [0.1, 0.15) is 12.4 Å². The van der Waals surface area contributed by atoms with Crippen LogP contribution in [0.5, 0.6) is 5.75 Å². The third-order valence-electron chi connectivity index (χ3n) is 3.55. The van der Waals surface area contributed by atoms with Gasteiger partial charge >= 0.3 is 5.97 Å². The highest BCUT2D eigenvalue weighted by Crippen LogP contribution is 2.37. The molecule has 1 aliphatic rings. The van der Waals surface area contributed by atoms with E-state index < -0.39 is 12.1 Å². The Kier molecular flexibility index (Phi) is 4.33. The van der Waals surface area contributed by atoms with Gasteiger partial charge in [-0.1, -0.05) is 30.3 Å². The molecule has 124 valence electrons. The van der Waals surface area contributed by atoms with Crippen LogP contribution < -0.4 is 15.4 Å². The van der Waals surface area contributed by atoms with Crippen LogP contribution in [0.4, 0.5) is 11.6 Å². The van der Waals surface area contributed by atoms with Gasteiger partial charge in [-0.2, -0.15) is 0 Å². The predicted octanol–water partition coefficient (Wildman–Crippen LogP) is 1.69.